The Kier molecular flexibility index (Phi) is 7.34. The Morgan fingerprint density at radius 3 is 2.55 bits per heavy atom. The first-order valence-electron chi connectivity index (χ1n) is 13.8. The number of benzene rings is 1. The number of nitrogens with zero attached hydrogens (tertiary/aromatic N) is 5. The number of carbonyl (C=O) groups is 1. The zero-order chi connectivity index (χ0) is 28.7. The van der Waals surface area contributed by atoms with Gasteiger partial charge in [-0.05, 0) is 75.1 Å². The maximum Gasteiger partial charge on any atom is 0.338 e. The molecule has 5 rings (SSSR count). The SMILES string of the molecule is CCc1cnc2nc(CC3=C(O)CC(CCc4cc(F)c(C(C)(C)C#N)c(F)c4)(C4CCCC4)OC3=O)nn2c1. The minimum atomic E-state index is -1.31. The largest absolute Gasteiger partial charge is 0.512 e. The van der Waals surface area contributed by atoms with Crippen molar-refractivity contribution in [1.29, 1.82) is 5.26 Å². The van der Waals surface area contributed by atoms with Gasteiger partial charge in [-0.2, -0.15) is 10.2 Å². The predicted octanol–water partition coefficient (Wildman–Crippen LogP) is 5.63. The zero-order valence-electron chi connectivity index (χ0n) is 23.0. The summed E-state index contributed by atoms with van der Waals surface area (Å²) in [6, 6.07) is 4.44. The molecule has 3 heterocycles. The van der Waals surface area contributed by atoms with Gasteiger partial charge in [0.15, 0.2) is 5.82 Å². The van der Waals surface area contributed by atoms with E-state index >= 15 is 0 Å². The lowest BCUT2D eigenvalue weighted by Gasteiger charge is -2.41. The summed E-state index contributed by atoms with van der Waals surface area (Å²) in [5.74, 6) is -1.46. The minimum absolute atomic E-state index is 0.00277. The standard InChI is InChI=1S/C30H33F2N5O3/c1-4-18-15-34-28-35-25(36-37(28)16-18)13-21-24(38)14-30(40-27(21)39,20-7-5-6-8-20)10-9-19-11-22(31)26(23(32)12-19)29(2,3)17-33/h11-12,15-16,20,38H,4-10,13-14H2,1-3H3. The van der Waals surface area contributed by atoms with Gasteiger partial charge >= 0.3 is 5.97 Å². The van der Waals surface area contributed by atoms with Crippen LogP contribution < -0.4 is 0 Å². The summed E-state index contributed by atoms with van der Waals surface area (Å²) in [5, 5.41) is 24.9. The molecule has 8 nitrogen and oxygen atoms in total. The number of nitriles is 1. The average molecular weight is 550 g/mol. The summed E-state index contributed by atoms with van der Waals surface area (Å²) in [6.45, 7) is 4.95. The highest BCUT2D eigenvalue weighted by Gasteiger charge is 2.48. The first kappa shape index (κ1) is 27.7. The summed E-state index contributed by atoms with van der Waals surface area (Å²) in [5.41, 5.74) is -1.05. The fourth-order valence-corrected chi connectivity index (χ4v) is 6.05. The Hall–Kier alpha value is -3.87. The number of esters is 1. The first-order chi connectivity index (χ1) is 19.0. The highest BCUT2D eigenvalue weighted by Crippen LogP contribution is 2.46. The Bertz CT molecular complexity index is 1510. The monoisotopic (exact) mass is 549 g/mol. The Labute approximate surface area is 231 Å². The first-order valence-corrected chi connectivity index (χ1v) is 13.8. The number of aliphatic hydroxyl groups excluding tert-OH is 1. The van der Waals surface area contributed by atoms with Crippen molar-refractivity contribution < 1.29 is 23.4 Å². The smallest absolute Gasteiger partial charge is 0.338 e. The van der Waals surface area contributed by atoms with Crippen LogP contribution >= 0.6 is 0 Å². The maximum atomic E-state index is 14.9. The topological polar surface area (TPSA) is 113 Å². The van der Waals surface area contributed by atoms with Crippen LogP contribution in [-0.4, -0.2) is 36.3 Å². The van der Waals surface area contributed by atoms with Gasteiger partial charge in [-0.25, -0.2) is 23.1 Å². The van der Waals surface area contributed by atoms with Crippen molar-refractivity contribution >= 4 is 11.7 Å². The van der Waals surface area contributed by atoms with Gasteiger partial charge in [0, 0.05) is 30.8 Å². The Morgan fingerprint density at radius 1 is 1.23 bits per heavy atom. The van der Waals surface area contributed by atoms with Gasteiger partial charge in [0.1, 0.15) is 23.0 Å². The van der Waals surface area contributed by atoms with Crippen LogP contribution in [0.2, 0.25) is 0 Å². The van der Waals surface area contributed by atoms with Crippen molar-refractivity contribution in [3.63, 3.8) is 0 Å². The van der Waals surface area contributed by atoms with Crippen molar-refractivity contribution in [2.24, 2.45) is 5.92 Å². The van der Waals surface area contributed by atoms with Crippen molar-refractivity contribution in [3.8, 4) is 6.07 Å². The number of carbonyl (C=O) groups excluding carboxylic acids is 1. The van der Waals surface area contributed by atoms with E-state index in [4.69, 9.17) is 4.74 Å². The molecule has 1 atom stereocenters. The lowest BCUT2D eigenvalue weighted by atomic mass is 9.76. The molecule has 0 saturated heterocycles. The van der Waals surface area contributed by atoms with Crippen LogP contribution in [0.1, 0.15) is 81.8 Å². The fourth-order valence-electron chi connectivity index (χ4n) is 6.05. The lowest BCUT2D eigenvalue weighted by Crippen LogP contribution is -2.46. The normalized spacial score (nSPS) is 20.2. The molecule has 210 valence electrons. The highest BCUT2D eigenvalue weighted by molar-refractivity contribution is 5.90. The summed E-state index contributed by atoms with van der Waals surface area (Å²) in [6.07, 6.45) is 8.67. The third kappa shape index (κ3) is 5.17. The van der Waals surface area contributed by atoms with Gasteiger partial charge in [-0.1, -0.05) is 19.8 Å². The van der Waals surface area contributed by atoms with Gasteiger partial charge in [0.05, 0.1) is 17.1 Å². The zero-order valence-corrected chi connectivity index (χ0v) is 23.0. The van der Waals surface area contributed by atoms with Crippen LogP contribution in [0.15, 0.2) is 35.9 Å². The van der Waals surface area contributed by atoms with Crippen molar-refractivity contribution in [2.75, 3.05) is 0 Å². The quantitative estimate of drug-likeness (QED) is 0.362. The van der Waals surface area contributed by atoms with Crippen molar-refractivity contribution in [1.82, 2.24) is 19.6 Å². The number of ether oxygens (including phenoxy) is 1. The van der Waals surface area contributed by atoms with E-state index in [-0.39, 0.29) is 42.1 Å². The number of aromatic nitrogens is 4. The summed E-state index contributed by atoms with van der Waals surface area (Å²) >= 11 is 0. The number of fused-ring (bicyclic) bond motifs is 1. The second kappa shape index (κ2) is 10.6. The lowest BCUT2D eigenvalue weighted by molar-refractivity contribution is -0.167. The molecule has 0 spiro atoms. The molecule has 10 heteroatoms. The molecule has 1 aromatic carbocycles. The molecule has 40 heavy (non-hydrogen) atoms. The fraction of sp³-hybridized carbons (Fsp3) is 0.500. The van der Waals surface area contributed by atoms with E-state index in [1.54, 1.807) is 10.7 Å². The van der Waals surface area contributed by atoms with E-state index in [1.807, 2.05) is 19.2 Å². The van der Waals surface area contributed by atoms with Crippen LogP contribution in [0.4, 0.5) is 8.78 Å². The van der Waals surface area contributed by atoms with Gasteiger partial charge in [0.25, 0.3) is 5.78 Å². The molecule has 3 aromatic rings. The van der Waals surface area contributed by atoms with E-state index in [9.17, 15) is 23.9 Å². The van der Waals surface area contributed by atoms with Crippen LogP contribution in [-0.2, 0) is 34.2 Å². The summed E-state index contributed by atoms with van der Waals surface area (Å²) in [4.78, 5) is 22.0. The van der Waals surface area contributed by atoms with Crippen molar-refractivity contribution in [3.05, 3.63) is 70.0 Å². The number of cyclic esters (lactones) is 1. The summed E-state index contributed by atoms with van der Waals surface area (Å²) < 4.78 is 37.5. The highest BCUT2D eigenvalue weighted by atomic mass is 19.1. The molecule has 2 aromatic heterocycles. The van der Waals surface area contributed by atoms with Crippen molar-refractivity contribution in [2.45, 2.75) is 89.6 Å². The van der Waals surface area contributed by atoms with Crippen LogP contribution in [0.25, 0.3) is 5.78 Å². The van der Waals surface area contributed by atoms with E-state index in [0.717, 1.165) is 37.7 Å². The Balaban J connectivity index is 1.40. The van der Waals surface area contributed by atoms with Crippen LogP contribution in [0.5, 0.6) is 0 Å². The second-order valence-electron chi connectivity index (χ2n) is 11.5. The molecule has 1 fully saturated rings. The van der Waals surface area contributed by atoms with E-state index in [0.29, 0.717) is 23.6 Å². The minimum Gasteiger partial charge on any atom is -0.512 e. The third-order valence-corrected chi connectivity index (χ3v) is 8.33. The van der Waals surface area contributed by atoms with E-state index in [2.05, 4.69) is 15.1 Å². The molecule has 0 radical (unpaired) electrons. The number of hydrogen-bond acceptors (Lipinski definition) is 7. The van der Waals surface area contributed by atoms with Gasteiger partial charge in [-0.15, -0.1) is 5.10 Å². The van der Waals surface area contributed by atoms with Crippen LogP contribution in [0.3, 0.4) is 0 Å². The predicted molar refractivity (Wildman–Crippen MR) is 142 cm³/mol. The van der Waals surface area contributed by atoms with Gasteiger partial charge in [-0.3, -0.25) is 0 Å². The third-order valence-electron chi connectivity index (χ3n) is 8.33. The molecular formula is C30H33F2N5O3. The van der Waals surface area contributed by atoms with E-state index < -0.39 is 28.6 Å². The van der Waals surface area contributed by atoms with Crippen LogP contribution in [0, 0.1) is 28.9 Å². The molecule has 1 N–H and O–H groups in total. The molecule has 0 bridgehead atoms. The Morgan fingerprint density at radius 2 is 1.93 bits per heavy atom. The van der Waals surface area contributed by atoms with E-state index in [1.165, 1.54) is 26.0 Å². The summed E-state index contributed by atoms with van der Waals surface area (Å²) in [7, 11) is 0. The van der Waals surface area contributed by atoms with Gasteiger partial charge in [0.2, 0.25) is 0 Å². The number of aryl methyl sites for hydroxylation is 2. The maximum absolute atomic E-state index is 14.9. The number of hydrogen-bond donors (Lipinski definition) is 1. The molecule has 1 unspecified atom stereocenters. The molecule has 1 aliphatic carbocycles. The second-order valence-corrected chi connectivity index (χ2v) is 11.5. The number of halogens is 2. The number of aliphatic hydroxyl groups is 1. The van der Waals surface area contributed by atoms with Gasteiger partial charge < -0.3 is 9.84 Å². The molecule has 1 saturated carbocycles. The molecule has 2 aliphatic rings. The molecule has 0 amide bonds. The molecular weight excluding hydrogens is 516 g/mol. The average Bonchev–Trinajstić information content (AvgIpc) is 3.59. The number of rotatable bonds is 8. The molecule has 1 aliphatic heterocycles.